The van der Waals surface area contributed by atoms with Crippen molar-refractivity contribution >= 4 is 16.0 Å². The van der Waals surface area contributed by atoms with Crippen LogP contribution in [0.25, 0.3) is 0 Å². The topological polar surface area (TPSA) is 122 Å². The molecule has 1 aromatic carbocycles. The van der Waals surface area contributed by atoms with Crippen molar-refractivity contribution < 1.29 is 22.8 Å². The van der Waals surface area contributed by atoms with Gasteiger partial charge < -0.3 is 9.63 Å². The predicted octanol–water partition coefficient (Wildman–Crippen LogP) is 0.696. The molecule has 9 heteroatoms. The summed E-state index contributed by atoms with van der Waals surface area (Å²) in [6, 6.07) is 5.63. The van der Waals surface area contributed by atoms with Crippen LogP contribution in [-0.4, -0.2) is 29.6 Å². The molecule has 0 unspecified atom stereocenters. The fraction of sp³-hybridized carbons (Fsp3) is 0.250. The van der Waals surface area contributed by atoms with Crippen molar-refractivity contribution in [3.8, 4) is 0 Å². The van der Waals surface area contributed by atoms with Crippen molar-refractivity contribution in [3.05, 3.63) is 47.1 Å². The Morgan fingerprint density at radius 2 is 2.00 bits per heavy atom. The van der Waals surface area contributed by atoms with Gasteiger partial charge in [-0.05, 0) is 17.7 Å². The molecule has 0 bridgehead atoms. The van der Waals surface area contributed by atoms with Crippen molar-refractivity contribution in [2.75, 3.05) is 0 Å². The van der Waals surface area contributed by atoms with E-state index in [9.17, 15) is 13.2 Å². The number of sulfonamides is 1. The molecule has 0 aliphatic heterocycles. The Balaban J connectivity index is 1.98. The van der Waals surface area contributed by atoms with Crippen LogP contribution in [0.15, 0.2) is 28.8 Å². The first-order valence-electron chi connectivity index (χ1n) is 5.94. The number of carbonyl (C=O) groups is 1. The maximum absolute atomic E-state index is 11.9. The SMILES string of the molecule is Cc1nc(CNS(=O)(=O)Cc2ccc(C(=O)O)cc2)no1. The minimum absolute atomic E-state index is 0.0626. The Hall–Kier alpha value is -2.26. The summed E-state index contributed by atoms with van der Waals surface area (Å²) in [6.07, 6.45) is 0. The van der Waals surface area contributed by atoms with Crippen LogP contribution in [-0.2, 0) is 22.3 Å². The lowest BCUT2D eigenvalue weighted by atomic mass is 10.1. The standard InChI is InChI=1S/C12H13N3O5S/c1-8-14-11(15-20-8)6-13-21(18,19)7-9-2-4-10(5-3-9)12(16)17/h2-5,13H,6-7H2,1H3,(H,16,17). The lowest BCUT2D eigenvalue weighted by Crippen LogP contribution is -2.25. The van der Waals surface area contributed by atoms with Gasteiger partial charge in [-0.15, -0.1) is 0 Å². The van der Waals surface area contributed by atoms with Gasteiger partial charge in [0.1, 0.15) is 0 Å². The number of carboxylic acid groups (broad SMARTS) is 1. The molecule has 0 aliphatic carbocycles. The quantitative estimate of drug-likeness (QED) is 0.804. The minimum atomic E-state index is -3.58. The van der Waals surface area contributed by atoms with Gasteiger partial charge in [0.15, 0.2) is 5.82 Å². The maximum Gasteiger partial charge on any atom is 0.335 e. The smallest absolute Gasteiger partial charge is 0.335 e. The van der Waals surface area contributed by atoms with Crippen molar-refractivity contribution in [2.24, 2.45) is 0 Å². The number of aryl methyl sites for hydroxylation is 1. The molecule has 0 radical (unpaired) electrons. The van der Waals surface area contributed by atoms with E-state index in [0.29, 0.717) is 11.5 Å². The number of hydrogen-bond donors (Lipinski definition) is 2. The van der Waals surface area contributed by atoms with Gasteiger partial charge in [-0.25, -0.2) is 17.9 Å². The molecule has 0 saturated heterocycles. The average Bonchev–Trinajstić information content (AvgIpc) is 2.83. The third-order valence-corrected chi connectivity index (χ3v) is 3.87. The zero-order chi connectivity index (χ0) is 15.5. The summed E-state index contributed by atoms with van der Waals surface area (Å²) in [4.78, 5) is 14.6. The number of aromatic carboxylic acids is 1. The molecule has 8 nitrogen and oxygen atoms in total. The average molecular weight is 311 g/mol. The third-order valence-electron chi connectivity index (χ3n) is 2.58. The first kappa shape index (κ1) is 15.1. The van der Waals surface area contributed by atoms with Crippen LogP contribution < -0.4 is 4.72 Å². The van der Waals surface area contributed by atoms with Gasteiger partial charge in [-0.1, -0.05) is 17.3 Å². The highest BCUT2D eigenvalue weighted by molar-refractivity contribution is 7.88. The van der Waals surface area contributed by atoms with E-state index in [2.05, 4.69) is 14.9 Å². The Bertz CT molecular complexity index is 737. The highest BCUT2D eigenvalue weighted by atomic mass is 32.2. The van der Waals surface area contributed by atoms with Crippen LogP contribution in [0, 0.1) is 6.92 Å². The molecule has 1 heterocycles. The van der Waals surface area contributed by atoms with Gasteiger partial charge in [0.25, 0.3) is 0 Å². The molecule has 0 fully saturated rings. The lowest BCUT2D eigenvalue weighted by Gasteiger charge is -2.05. The van der Waals surface area contributed by atoms with Crippen molar-refractivity contribution in [2.45, 2.75) is 19.2 Å². The molecule has 2 rings (SSSR count). The van der Waals surface area contributed by atoms with E-state index in [1.54, 1.807) is 6.92 Å². The second kappa shape index (κ2) is 6.02. The Kier molecular flexibility index (Phi) is 4.34. The zero-order valence-corrected chi connectivity index (χ0v) is 11.9. The summed E-state index contributed by atoms with van der Waals surface area (Å²) < 4.78 is 30.8. The number of rotatable bonds is 6. The molecule has 0 atom stereocenters. The normalized spacial score (nSPS) is 11.5. The fourth-order valence-corrected chi connectivity index (χ4v) is 2.68. The lowest BCUT2D eigenvalue weighted by molar-refractivity contribution is 0.0697. The summed E-state index contributed by atoms with van der Waals surface area (Å²) in [6.45, 7) is 1.54. The van der Waals surface area contributed by atoms with Crippen LogP contribution in [0.3, 0.4) is 0 Å². The Morgan fingerprint density at radius 1 is 1.33 bits per heavy atom. The van der Waals surface area contributed by atoms with Crippen molar-refractivity contribution in [1.29, 1.82) is 0 Å². The van der Waals surface area contributed by atoms with E-state index < -0.39 is 16.0 Å². The van der Waals surface area contributed by atoms with Gasteiger partial charge in [0, 0.05) is 6.92 Å². The molecule has 21 heavy (non-hydrogen) atoms. The molecule has 0 amide bonds. The largest absolute Gasteiger partial charge is 0.478 e. The van der Waals surface area contributed by atoms with E-state index >= 15 is 0 Å². The predicted molar refractivity (Wildman–Crippen MR) is 71.9 cm³/mol. The molecular formula is C12H13N3O5S. The van der Waals surface area contributed by atoms with Crippen molar-refractivity contribution in [3.63, 3.8) is 0 Å². The summed E-state index contributed by atoms with van der Waals surface area (Å²) >= 11 is 0. The molecule has 2 N–H and O–H groups in total. The third kappa shape index (κ3) is 4.36. The molecule has 1 aromatic heterocycles. The molecule has 2 aromatic rings. The highest BCUT2D eigenvalue weighted by Gasteiger charge is 2.13. The first-order chi connectivity index (χ1) is 9.85. The van der Waals surface area contributed by atoms with Crippen LogP contribution in [0.2, 0.25) is 0 Å². The summed E-state index contributed by atoms with van der Waals surface area (Å²) in [5.41, 5.74) is 0.586. The summed E-state index contributed by atoms with van der Waals surface area (Å²) in [5.74, 6) is -0.718. The number of nitrogens with zero attached hydrogens (tertiary/aromatic N) is 2. The fourth-order valence-electron chi connectivity index (χ4n) is 1.60. The summed E-state index contributed by atoms with van der Waals surface area (Å²) in [5, 5.41) is 12.3. The van der Waals surface area contributed by atoms with E-state index in [-0.39, 0.29) is 23.7 Å². The highest BCUT2D eigenvalue weighted by Crippen LogP contribution is 2.08. The van der Waals surface area contributed by atoms with E-state index in [0.717, 1.165) is 0 Å². The van der Waals surface area contributed by atoms with Crippen LogP contribution in [0.1, 0.15) is 27.6 Å². The van der Waals surface area contributed by atoms with E-state index in [1.165, 1.54) is 24.3 Å². The van der Waals surface area contributed by atoms with Crippen LogP contribution in [0.4, 0.5) is 0 Å². The molecule has 0 saturated carbocycles. The van der Waals surface area contributed by atoms with Crippen LogP contribution >= 0.6 is 0 Å². The van der Waals surface area contributed by atoms with Gasteiger partial charge in [-0.2, -0.15) is 4.98 Å². The summed E-state index contributed by atoms with van der Waals surface area (Å²) in [7, 11) is -3.58. The molecule has 0 aliphatic rings. The number of nitrogens with one attached hydrogen (secondary N) is 1. The van der Waals surface area contributed by atoms with Gasteiger partial charge in [0.05, 0.1) is 17.9 Å². The number of aromatic nitrogens is 2. The second-order valence-electron chi connectivity index (χ2n) is 4.31. The monoisotopic (exact) mass is 311 g/mol. The number of carboxylic acids is 1. The number of benzene rings is 1. The van der Waals surface area contributed by atoms with Crippen LogP contribution in [0.5, 0.6) is 0 Å². The van der Waals surface area contributed by atoms with E-state index in [4.69, 9.17) is 9.63 Å². The Morgan fingerprint density at radius 3 is 2.52 bits per heavy atom. The molecule has 112 valence electrons. The molecule has 0 spiro atoms. The van der Waals surface area contributed by atoms with Crippen molar-refractivity contribution in [1.82, 2.24) is 14.9 Å². The minimum Gasteiger partial charge on any atom is -0.478 e. The second-order valence-corrected chi connectivity index (χ2v) is 6.12. The number of hydrogen-bond acceptors (Lipinski definition) is 6. The van der Waals surface area contributed by atoms with E-state index in [1.807, 2.05) is 0 Å². The molecular weight excluding hydrogens is 298 g/mol. The van der Waals surface area contributed by atoms with Gasteiger partial charge >= 0.3 is 5.97 Å². The first-order valence-corrected chi connectivity index (χ1v) is 7.60. The zero-order valence-electron chi connectivity index (χ0n) is 11.1. The van der Waals surface area contributed by atoms with Gasteiger partial charge in [0.2, 0.25) is 15.9 Å². The maximum atomic E-state index is 11.9. The Labute approximate surface area is 120 Å². The van der Waals surface area contributed by atoms with Gasteiger partial charge in [-0.3, -0.25) is 0 Å².